The lowest BCUT2D eigenvalue weighted by atomic mass is 9.89. The van der Waals surface area contributed by atoms with Gasteiger partial charge in [-0.25, -0.2) is 0 Å². The lowest BCUT2D eigenvalue weighted by Gasteiger charge is -2.38. The molecular weight excluding hydrogens is 308 g/mol. The van der Waals surface area contributed by atoms with Crippen LogP contribution in [0, 0.1) is 0 Å². The maximum absolute atomic E-state index is 12.8. The first-order valence-corrected chi connectivity index (χ1v) is 8.23. The van der Waals surface area contributed by atoms with E-state index in [0.29, 0.717) is 43.0 Å². The lowest BCUT2D eigenvalue weighted by molar-refractivity contribution is -0.0320. The highest BCUT2D eigenvalue weighted by Crippen LogP contribution is 2.30. The molecular formula is C17H22N4O3. The van der Waals surface area contributed by atoms with Gasteiger partial charge >= 0.3 is 0 Å². The van der Waals surface area contributed by atoms with E-state index in [1.807, 2.05) is 19.1 Å². The van der Waals surface area contributed by atoms with Gasteiger partial charge in [-0.3, -0.25) is 4.79 Å². The predicted molar refractivity (Wildman–Crippen MR) is 87.6 cm³/mol. The smallest absolute Gasteiger partial charge is 0.254 e. The quantitative estimate of drug-likeness (QED) is 0.871. The Kier molecular flexibility index (Phi) is 4.80. The number of H-pyrrole nitrogens is 1. The molecule has 3 rings (SSSR count). The van der Waals surface area contributed by atoms with E-state index in [-0.39, 0.29) is 12.5 Å². The second-order valence-corrected chi connectivity index (χ2v) is 6.09. The number of rotatable bonds is 5. The number of aliphatic hydroxyl groups is 1. The highest BCUT2D eigenvalue weighted by atomic mass is 16.5. The third-order valence-corrected chi connectivity index (χ3v) is 4.20. The van der Waals surface area contributed by atoms with Crippen LogP contribution >= 0.6 is 0 Å². The van der Waals surface area contributed by atoms with Gasteiger partial charge in [0.05, 0.1) is 19.3 Å². The van der Waals surface area contributed by atoms with Gasteiger partial charge in [0.2, 0.25) is 0 Å². The molecule has 1 amide bonds. The summed E-state index contributed by atoms with van der Waals surface area (Å²) in [7, 11) is 0. The number of aromatic nitrogens is 3. The summed E-state index contributed by atoms with van der Waals surface area (Å²) in [4.78, 5) is 14.5. The first-order valence-electron chi connectivity index (χ1n) is 8.23. The molecule has 0 bridgehead atoms. The van der Waals surface area contributed by atoms with Gasteiger partial charge < -0.3 is 14.7 Å². The number of carbonyl (C=O) groups excluding carboxylic acids is 1. The van der Waals surface area contributed by atoms with Crippen LogP contribution in [-0.4, -0.2) is 51.0 Å². The summed E-state index contributed by atoms with van der Waals surface area (Å²) >= 11 is 0. The number of likely N-dealkylation sites (tertiary alicyclic amines) is 1. The number of nitrogens with zero attached hydrogens (tertiary/aromatic N) is 3. The number of aromatic amines is 1. The molecule has 0 saturated carbocycles. The van der Waals surface area contributed by atoms with Crippen molar-refractivity contribution in [2.24, 2.45) is 0 Å². The van der Waals surface area contributed by atoms with Crippen molar-refractivity contribution in [2.75, 3.05) is 19.7 Å². The third kappa shape index (κ3) is 3.41. The number of carbonyl (C=O) groups is 1. The fraction of sp³-hybridized carbons (Fsp3) is 0.471. The fourth-order valence-corrected chi connectivity index (χ4v) is 2.97. The van der Waals surface area contributed by atoms with Crippen molar-refractivity contribution in [2.45, 2.75) is 31.8 Å². The number of hydrogen-bond acceptors (Lipinski definition) is 5. The number of piperidine rings is 1. The van der Waals surface area contributed by atoms with Crippen LogP contribution in [0.1, 0.15) is 42.2 Å². The van der Waals surface area contributed by atoms with Crippen LogP contribution in [0.15, 0.2) is 30.5 Å². The first-order chi connectivity index (χ1) is 11.6. The molecule has 1 aromatic carbocycles. The molecule has 0 aliphatic carbocycles. The van der Waals surface area contributed by atoms with Crippen molar-refractivity contribution in [1.82, 2.24) is 20.3 Å². The molecule has 2 N–H and O–H groups in total. The van der Waals surface area contributed by atoms with Gasteiger partial charge in [-0.2, -0.15) is 15.4 Å². The van der Waals surface area contributed by atoms with E-state index in [4.69, 9.17) is 4.74 Å². The average Bonchev–Trinajstić information content (AvgIpc) is 3.15. The van der Waals surface area contributed by atoms with Crippen LogP contribution < -0.4 is 4.74 Å². The number of nitrogens with one attached hydrogen (secondary N) is 1. The van der Waals surface area contributed by atoms with E-state index >= 15 is 0 Å². The zero-order chi connectivity index (χ0) is 17.0. The van der Waals surface area contributed by atoms with E-state index < -0.39 is 5.60 Å². The molecule has 2 aromatic rings. The molecule has 7 nitrogen and oxygen atoms in total. The highest BCUT2D eigenvalue weighted by molar-refractivity contribution is 5.94. The van der Waals surface area contributed by atoms with E-state index in [0.717, 1.165) is 6.42 Å². The minimum atomic E-state index is -1.16. The summed E-state index contributed by atoms with van der Waals surface area (Å²) in [5.74, 6) is 0.574. The van der Waals surface area contributed by atoms with E-state index in [2.05, 4.69) is 15.4 Å². The number of benzene rings is 1. The van der Waals surface area contributed by atoms with Crippen molar-refractivity contribution in [3.63, 3.8) is 0 Å². The Morgan fingerprint density at radius 1 is 1.50 bits per heavy atom. The Balaban J connectivity index is 1.75. The normalized spacial score (nSPS) is 20.8. The Morgan fingerprint density at radius 2 is 2.38 bits per heavy atom. The molecule has 1 unspecified atom stereocenters. The molecule has 1 saturated heterocycles. The molecule has 1 atom stereocenters. The summed E-state index contributed by atoms with van der Waals surface area (Å²) in [5, 5.41) is 21.1. The lowest BCUT2D eigenvalue weighted by Crippen LogP contribution is -2.48. The molecule has 24 heavy (non-hydrogen) atoms. The summed E-state index contributed by atoms with van der Waals surface area (Å²) in [6.45, 7) is 3.47. The monoisotopic (exact) mass is 330 g/mol. The topological polar surface area (TPSA) is 91.3 Å². The molecule has 7 heteroatoms. The number of hydrogen-bond donors (Lipinski definition) is 2. The van der Waals surface area contributed by atoms with Gasteiger partial charge in [-0.15, -0.1) is 0 Å². The first kappa shape index (κ1) is 16.4. The van der Waals surface area contributed by atoms with Crippen molar-refractivity contribution in [1.29, 1.82) is 0 Å². The van der Waals surface area contributed by atoms with Crippen LogP contribution in [-0.2, 0) is 5.60 Å². The summed E-state index contributed by atoms with van der Waals surface area (Å²) in [6.07, 6.45) is 3.69. The zero-order valence-electron chi connectivity index (χ0n) is 13.7. The number of amides is 1. The Morgan fingerprint density at radius 3 is 3.12 bits per heavy atom. The van der Waals surface area contributed by atoms with E-state index in [1.54, 1.807) is 17.0 Å². The van der Waals surface area contributed by atoms with Crippen molar-refractivity contribution in [3.05, 3.63) is 41.7 Å². The van der Waals surface area contributed by atoms with Crippen LogP contribution in [0.4, 0.5) is 0 Å². The van der Waals surface area contributed by atoms with Crippen LogP contribution in [0.3, 0.4) is 0 Å². The molecule has 0 spiro atoms. The molecule has 1 aliphatic heterocycles. The maximum Gasteiger partial charge on any atom is 0.254 e. The van der Waals surface area contributed by atoms with Crippen molar-refractivity contribution < 1.29 is 14.6 Å². The number of β-amino-alcohol motifs (C(OH)–C–C–N with tert-alkyl or cyclic N) is 1. The van der Waals surface area contributed by atoms with Gasteiger partial charge in [0.25, 0.3) is 5.91 Å². The average molecular weight is 330 g/mol. The second-order valence-electron chi connectivity index (χ2n) is 6.09. The van der Waals surface area contributed by atoms with Gasteiger partial charge in [0, 0.05) is 12.1 Å². The Labute approximate surface area is 140 Å². The van der Waals surface area contributed by atoms with E-state index in [1.165, 1.54) is 6.20 Å². The van der Waals surface area contributed by atoms with Crippen LogP contribution in [0.25, 0.3) is 0 Å². The molecule has 0 radical (unpaired) electrons. The molecule has 1 fully saturated rings. The minimum Gasteiger partial charge on any atom is -0.494 e. The van der Waals surface area contributed by atoms with E-state index in [9.17, 15) is 9.90 Å². The van der Waals surface area contributed by atoms with Gasteiger partial charge in [-0.1, -0.05) is 13.0 Å². The zero-order valence-corrected chi connectivity index (χ0v) is 13.7. The Hall–Kier alpha value is -2.41. The molecule has 2 heterocycles. The van der Waals surface area contributed by atoms with Crippen molar-refractivity contribution in [3.8, 4) is 5.75 Å². The predicted octanol–water partition coefficient (Wildman–Crippen LogP) is 1.72. The molecule has 1 aliphatic rings. The summed E-state index contributed by atoms with van der Waals surface area (Å²) < 4.78 is 5.59. The fourth-order valence-electron chi connectivity index (χ4n) is 2.97. The minimum absolute atomic E-state index is 0.112. The number of ether oxygens (including phenoxy) is 1. The van der Waals surface area contributed by atoms with Crippen LogP contribution in [0.2, 0.25) is 0 Å². The van der Waals surface area contributed by atoms with Gasteiger partial charge in [-0.05, 0) is 37.5 Å². The SMILES string of the molecule is CCCOc1cccc(C(=O)N2CCCC(O)(c3cn[nH]n3)C2)c1. The van der Waals surface area contributed by atoms with Gasteiger partial charge in [0.15, 0.2) is 0 Å². The third-order valence-electron chi connectivity index (χ3n) is 4.20. The molecule has 1 aromatic heterocycles. The van der Waals surface area contributed by atoms with Crippen LogP contribution in [0.5, 0.6) is 5.75 Å². The summed E-state index contributed by atoms with van der Waals surface area (Å²) in [5.41, 5.74) is -0.120. The summed E-state index contributed by atoms with van der Waals surface area (Å²) in [6, 6.07) is 7.17. The highest BCUT2D eigenvalue weighted by Gasteiger charge is 2.39. The maximum atomic E-state index is 12.8. The van der Waals surface area contributed by atoms with Crippen molar-refractivity contribution >= 4 is 5.91 Å². The van der Waals surface area contributed by atoms with Gasteiger partial charge in [0.1, 0.15) is 17.0 Å². The standard InChI is InChI=1S/C17H22N4O3/c1-2-9-24-14-6-3-5-13(10-14)16(22)21-8-4-7-17(23,12-21)15-11-18-20-19-15/h3,5-6,10-11,23H,2,4,7-9,12H2,1H3,(H,18,19,20). The Bertz CT molecular complexity index is 689. The largest absolute Gasteiger partial charge is 0.494 e. The second kappa shape index (κ2) is 7.00. The molecule has 128 valence electrons.